The molecule has 2 heterocycles. The van der Waals surface area contributed by atoms with E-state index in [-0.39, 0.29) is 0 Å². The van der Waals surface area contributed by atoms with E-state index in [1.54, 1.807) is 6.08 Å². The first-order chi connectivity index (χ1) is 26.2. The molecule has 0 saturated heterocycles. The highest BCUT2D eigenvalue weighted by Gasteiger charge is 2.25. The smallest absolute Gasteiger partial charge is 0.164 e. The van der Waals surface area contributed by atoms with Crippen molar-refractivity contribution in [2.45, 2.75) is 0 Å². The van der Waals surface area contributed by atoms with Gasteiger partial charge < -0.3 is 0 Å². The van der Waals surface area contributed by atoms with Gasteiger partial charge >= 0.3 is 0 Å². The Kier molecular flexibility index (Phi) is 8.19. The number of aromatic nitrogens is 4. The third-order valence-electron chi connectivity index (χ3n) is 9.22. The van der Waals surface area contributed by atoms with Crippen LogP contribution in [0.4, 0.5) is 5.69 Å². The van der Waals surface area contributed by atoms with Gasteiger partial charge in [-0.05, 0) is 47.5 Å². The summed E-state index contributed by atoms with van der Waals surface area (Å²) in [7, 11) is 0. The second-order valence-electron chi connectivity index (χ2n) is 12.6. The Hall–Kier alpha value is -7.38. The van der Waals surface area contributed by atoms with Gasteiger partial charge in [-0.25, -0.2) is 19.9 Å². The molecule has 0 aliphatic heterocycles. The highest BCUT2D eigenvalue weighted by molar-refractivity contribution is 6.55. The molecule has 7 heteroatoms. The van der Waals surface area contributed by atoms with Crippen LogP contribution in [0.3, 0.4) is 0 Å². The SMILES string of the molecule is N=C1C=Cc2c(-c3ccccc3)nc3ccc(-c4ccc(-c5nc(-c6ccccc6)nc(-c6ccccc6)n5)cc4)cc3c2C1=NNc1ccccc1. The summed E-state index contributed by atoms with van der Waals surface area (Å²) in [5.74, 6) is 1.85. The normalized spacial score (nSPS) is 12.9. The van der Waals surface area contributed by atoms with Crippen LogP contribution in [0.5, 0.6) is 0 Å². The number of anilines is 1. The molecule has 1 aliphatic carbocycles. The number of nitrogens with one attached hydrogen (secondary N) is 2. The summed E-state index contributed by atoms with van der Waals surface area (Å²) in [5, 5.41) is 14.7. The lowest BCUT2D eigenvalue weighted by atomic mass is 9.87. The van der Waals surface area contributed by atoms with Crippen LogP contribution in [0.15, 0.2) is 175 Å². The van der Waals surface area contributed by atoms with E-state index >= 15 is 0 Å². The Morgan fingerprint density at radius 1 is 0.453 bits per heavy atom. The maximum absolute atomic E-state index is 8.96. The summed E-state index contributed by atoms with van der Waals surface area (Å²) in [4.78, 5) is 19.8. The van der Waals surface area contributed by atoms with Crippen molar-refractivity contribution < 1.29 is 0 Å². The molecule has 0 atom stereocenters. The van der Waals surface area contributed by atoms with E-state index in [9.17, 15) is 0 Å². The van der Waals surface area contributed by atoms with Gasteiger partial charge in [0.25, 0.3) is 0 Å². The van der Waals surface area contributed by atoms with Crippen LogP contribution in [0.2, 0.25) is 0 Å². The summed E-state index contributed by atoms with van der Waals surface area (Å²) in [6, 6.07) is 54.5. The van der Waals surface area contributed by atoms with E-state index in [4.69, 9.17) is 30.4 Å². The number of allylic oxidation sites excluding steroid dienone is 1. The van der Waals surface area contributed by atoms with Gasteiger partial charge in [0.15, 0.2) is 17.5 Å². The zero-order valence-electron chi connectivity index (χ0n) is 28.5. The van der Waals surface area contributed by atoms with Gasteiger partial charge in [0, 0.05) is 38.8 Å². The van der Waals surface area contributed by atoms with Crippen molar-refractivity contribution in [2.24, 2.45) is 5.10 Å². The van der Waals surface area contributed by atoms with Gasteiger partial charge in [0.05, 0.1) is 22.6 Å². The first-order valence-electron chi connectivity index (χ1n) is 17.3. The minimum absolute atomic E-state index is 0.323. The monoisotopic (exact) mass is 681 g/mol. The summed E-state index contributed by atoms with van der Waals surface area (Å²) < 4.78 is 0. The van der Waals surface area contributed by atoms with Crippen LogP contribution in [-0.4, -0.2) is 31.4 Å². The lowest BCUT2D eigenvalue weighted by Crippen LogP contribution is -2.20. The van der Waals surface area contributed by atoms with Gasteiger partial charge in [-0.15, -0.1) is 0 Å². The topological polar surface area (TPSA) is 99.8 Å². The highest BCUT2D eigenvalue weighted by Crippen LogP contribution is 2.36. The lowest BCUT2D eigenvalue weighted by Gasteiger charge is -2.20. The van der Waals surface area contributed by atoms with Gasteiger partial charge in [0.1, 0.15) is 5.71 Å². The van der Waals surface area contributed by atoms with Crippen LogP contribution in [0, 0.1) is 5.41 Å². The fourth-order valence-electron chi connectivity index (χ4n) is 6.57. The molecule has 9 rings (SSSR count). The van der Waals surface area contributed by atoms with Crippen molar-refractivity contribution in [3.05, 3.63) is 181 Å². The first-order valence-corrected chi connectivity index (χ1v) is 17.3. The van der Waals surface area contributed by atoms with E-state index in [1.165, 1.54) is 0 Å². The Labute approximate surface area is 306 Å². The molecule has 7 nitrogen and oxygen atoms in total. The maximum Gasteiger partial charge on any atom is 0.164 e. The minimum Gasteiger partial charge on any atom is -0.299 e. The Balaban J connectivity index is 1.15. The summed E-state index contributed by atoms with van der Waals surface area (Å²) >= 11 is 0. The number of hydrogen-bond donors (Lipinski definition) is 2. The number of rotatable bonds is 7. The molecule has 53 heavy (non-hydrogen) atoms. The van der Waals surface area contributed by atoms with Gasteiger partial charge in [-0.2, -0.15) is 5.10 Å². The molecule has 0 saturated carbocycles. The van der Waals surface area contributed by atoms with E-state index in [1.807, 2.05) is 115 Å². The lowest BCUT2D eigenvalue weighted by molar-refractivity contribution is 1.07. The molecule has 0 unspecified atom stereocenters. The van der Waals surface area contributed by atoms with Crippen molar-refractivity contribution in [3.8, 4) is 56.5 Å². The van der Waals surface area contributed by atoms with Crippen molar-refractivity contribution in [1.82, 2.24) is 19.9 Å². The molecule has 0 spiro atoms. The minimum atomic E-state index is 0.323. The quantitative estimate of drug-likeness (QED) is 0.163. The average molecular weight is 682 g/mol. The van der Waals surface area contributed by atoms with Crippen LogP contribution in [-0.2, 0) is 0 Å². The third kappa shape index (κ3) is 6.28. The number of nitrogens with zero attached hydrogens (tertiary/aromatic N) is 5. The van der Waals surface area contributed by atoms with Crippen LogP contribution < -0.4 is 5.43 Å². The maximum atomic E-state index is 8.96. The van der Waals surface area contributed by atoms with E-state index in [0.29, 0.717) is 28.9 Å². The summed E-state index contributed by atoms with van der Waals surface area (Å²) in [6.45, 7) is 0. The van der Waals surface area contributed by atoms with Crippen LogP contribution in [0.25, 0.3) is 73.5 Å². The van der Waals surface area contributed by atoms with Gasteiger partial charge in [-0.1, -0.05) is 140 Å². The van der Waals surface area contributed by atoms with Gasteiger partial charge in [0.2, 0.25) is 0 Å². The van der Waals surface area contributed by atoms with Crippen molar-refractivity contribution in [1.29, 1.82) is 5.41 Å². The number of hydrogen-bond acceptors (Lipinski definition) is 7. The van der Waals surface area contributed by atoms with Crippen molar-refractivity contribution in [3.63, 3.8) is 0 Å². The second-order valence-corrected chi connectivity index (χ2v) is 12.6. The first kappa shape index (κ1) is 31.6. The Bertz CT molecular complexity index is 2620. The fourth-order valence-corrected chi connectivity index (χ4v) is 6.57. The summed E-state index contributed by atoms with van der Waals surface area (Å²) in [6.07, 6.45) is 3.78. The molecule has 2 aromatic heterocycles. The standard InChI is InChI=1S/C46H31N7/c47-39-27-26-37-41(43(39)53-52-36-19-11-4-12-20-36)38-29-35(25-28-40(38)48-42(37)31-13-5-1-6-14-31)30-21-23-34(24-22-30)46-50-44(32-15-7-2-8-16-32)49-45(51-46)33-17-9-3-10-18-33/h1-29,47,52H. The molecule has 0 amide bonds. The van der Waals surface area contributed by atoms with Crippen molar-refractivity contribution >= 4 is 34.1 Å². The Morgan fingerprint density at radius 2 is 0.943 bits per heavy atom. The zero-order valence-corrected chi connectivity index (χ0v) is 28.5. The fraction of sp³-hybridized carbons (Fsp3) is 0. The highest BCUT2D eigenvalue weighted by atomic mass is 15.3. The molecule has 2 N–H and O–H groups in total. The van der Waals surface area contributed by atoms with Gasteiger partial charge in [-0.3, -0.25) is 10.8 Å². The van der Waals surface area contributed by atoms with Crippen LogP contribution in [0.1, 0.15) is 11.1 Å². The Morgan fingerprint density at radius 3 is 1.53 bits per heavy atom. The third-order valence-corrected chi connectivity index (χ3v) is 9.22. The molecule has 8 aromatic rings. The molecule has 0 fully saturated rings. The van der Waals surface area contributed by atoms with E-state index in [2.05, 4.69) is 60.0 Å². The molecule has 6 aromatic carbocycles. The van der Waals surface area contributed by atoms with Crippen LogP contribution >= 0.6 is 0 Å². The largest absolute Gasteiger partial charge is 0.299 e. The molecule has 0 bridgehead atoms. The van der Waals surface area contributed by atoms with E-state index < -0.39 is 0 Å². The molecule has 250 valence electrons. The number of para-hydroxylation sites is 1. The second kappa shape index (κ2) is 13.7. The number of fused-ring (bicyclic) bond motifs is 3. The number of pyridine rings is 1. The average Bonchev–Trinajstić information content (AvgIpc) is 3.24. The molecular weight excluding hydrogens is 651 g/mol. The number of benzene rings is 6. The predicted molar refractivity (Wildman–Crippen MR) is 216 cm³/mol. The zero-order chi connectivity index (χ0) is 35.6. The number of hydrazone groups is 1. The molecule has 1 aliphatic rings. The molecule has 0 radical (unpaired) electrons. The van der Waals surface area contributed by atoms with E-state index in [0.717, 1.165) is 66.8 Å². The summed E-state index contributed by atoms with van der Waals surface area (Å²) in [5.41, 5.74) is 14.2. The predicted octanol–water partition coefficient (Wildman–Crippen LogP) is 10.6. The van der Waals surface area contributed by atoms with Crippen molar-refractivity contribution in [2.75, 3.05) is 5.43 Å². The molecular formula is C46H31N7.